The van der Waals surface area contributed by atoms with Gasteiger partial charge in [0.1, 0.15) is 11.6 Å². The first-order chi connectivity index (χ1) is 15.3. The van der Waals surface area contributed by atoms with E-state index in [-0.39, 0.29) is 48.5 Å². The number of carbonyl (C=O) groups is 2. The maximum atomic E-state index is 13.1. The lowest BCUT2D eigenvalue weighted by Crippen LogP contribution is -2.50. The maximum absolute atomic E-state index is 13.1. The molecule has 1 saturated heterocycles. The van der Waals surface area contributed by atoms with E-state index in [0.29, 0.717) is 11.3 Å². The summed E-state index contributed by atoms with van der Waals surface area (Å²) in [5.41, 5.74) is 1.33. The molecule has 0 atom stereocenters. The number of hydrogen-bond donors (Lipinski definition) is 0. The summed E-state index contributed by atoms with van der Waals surface area (Å²) in [6.45, 7) is 2.17. The third-order valence-corrected chi connectivity index (χ3v) is 7.28. The van der Waals surface area contributed by atoms with E-state index >= 15 is 0 Å². The topological polar surface area (TPSA) is 87.9 Å². The van der Waals surface area contributed by atoms with Crippen LogP contribution in [0.4, 0.5) is 4.39 Å². The number of sulfonamides is 1. The fourth-order valence-electron chi connectivity index (χ4n) is 3.52. The molecule has 4 rings (SSSR count). The molecule has 7 nitrogen and oxygen atoms in total. The first-order valence-electron chi connectivity index (χ1n) is 10.0. The molecule has 0 aliphatic carbocycles. The Bertz CT molecular complexity index is 1240. The monoisotopic (exact) mass is 456 g/mol. The standard InChI is InChI=1S/C23H21FN2O5S/c1-16(27)17-2-4-18(5-3-17)21-10-11-22(31-21)23(28)25-12-14-26(15-13-25)32(29,30)20-8-6-19(24)7-9-20/h2-11H,12-15H2,1H3. The SMILES string of the molecule is CC(=O)c1ccc(-c2ccc(C(=O)N3CCN(S(=O)(=O)c4ccc(F)cc4)CC3)o2)cc1. The lowest BCUT2D eigenvalue weighted by atomic mass is 10.1. The molecule has 2 heterocycles. The van der Waals surface area contributed by atoms with E-state index < -0.39 is 15.8 Å². The van der Waals surface area contributed by atoms with Crippen molar-refractivity contribution in [1.29, 1.82) is 0 Å². The molecular formula is C23H21FN2O5S. The van der Waals surface area contributed by atoms with Gasteiger partial charge in [-0.2, -0.15) is 4.31 Å². The van der Waals surface area contributed by atoms with E-state index in [9.17, 15) is 22.4 Å². The molecule has 1 aromatic heterocycles. The number of benzene rings is 2. The predicted octanol–water partition coefficient (Wildman–Crippen LogP) is 3.44. The number of amides is 1. The smallest absolute Gasteiger partial charge is 0.289 e. The lowest BCUT2D eigenvalue weighted by Gasteiger charge is -2.33. The van der Waals surface area contributed by atoms with Crippen LogP contribution in [-0.4, -0.2) is 55.5 Å². The highest BCUT2D eigenvalue weighted by Gasteiger charge is 2.31. The molecule has 3 aromatic rings. The van der Waals surface area contributed by atoms with E-state index in [2.05, 4.69) is 0 Å². The molecule has 1 fully saturated rings. The number of carbonyl (C=O) groups excluding carboxylic acids is 2. The third kappa shape index (κ3) is 4.35. The zero-order chi connectivity index (χ0) is 22.9. The van der Waals surface area contributed by atoms with Crippen molar-refractivity contribution in [1.82, 2.24) is 9.21 Å². The van der Waals surface area contributed by atoms with Crippen molar-refractivity contribution in [2.75, 3.05) is 26.2 Å². The van der Waals surface area contributed by atoms with Crippen molar-refractivity contribution in [3.63, 3.8) is 0 Å². The summed E-state index contributed by atoms with van der Waals surface area (Å²) in [6.07, 6.45) is 0. The molecule has 1 amide bonds. The second kappa shape index (κ2) is 8.68. The molecule has 2 aromatic carbocycles. The van der Waals surface area contributed by atoms with Gasteiger partial charge in [-0.25, -0.2) is 12.8 Å². The molecule has 1 aliphatic rings. The summed E-state index contributed by atoms with van der Waals surface area (Å²) in [5.74, 6) is -0.207. The van der Waals surface area contributed by atoms with Crippen molar-refractivity contribution >= 4 is 21.7 Å². The molecule has 0 N–H and O–H groups in total. The van der Waals surface area contributed by atoms with Crippen LogP contribution in [0.15, 0.2) is 70.0 Å². The van der Waals surface area contributed by atoms with Gasteiger partial charge in [0.2, 0.25) is 10.0 Å². The Hall–Kier alpha value is -3.30. The lowest BCUT2D eigenvalue weighted by molar-refractivity contribution is 0.0667. The minimum absolute atomic E-state index is 0.0187. The molecule has 32 heavy (non-hydrogen) atoms. The molecular weight excluding hydrogens is 435 g/mol. The average Bonchev–Trinajstić information content (AvgIpc) is 3.29. The number of Topliss-reactive ketones (excluding diaryl/α,β-unsaturated/α-hetero) is 1. The summed E-state index contributed by atoms with van der Waals surface area (Å²) < 4.78 is 45.6. The quantitative estimate of drug-likeness (QED) is 0.549. The Morgan fingerprint density at radius 1 is 0.875 bits per heavy atom. The minimum Gasteiger partial charge on any atom is -0.451 e. The highest BCUT2D eigenvalue weighted by molar-refractivity contribution is 7.89. The van der Waals surface area contributed by atoms with Crippen LogP contribution >= 0.6 is 0 Å². The summed E-state index contributed by atoms with van der Waals surface area (Å²) in [7, 11) is -3.75. The minimum atomic E-state index is -3.75. The van der Waals surface area contributed by atoms with Gasteiger partial charge in [-0.3, -0.25) is 9.59 Å². The number of piperazine rings is 1. The zero-order valence-corrected chi connectivity index (χ0v) is 18.1. The fraction of sp³-hybridized carbons (Fsp3) is 0.217. The van der Waals surface area contributed by atoms with Crippen LogP contribution in [0.2, 0.25) is 0 Å². The van der Waals surface area contributed by atoms with Gasteiger partial charge >= 0.3 is 0 Å². The van der Waals surface area contributed by atoms with Crippen LogP contribution in [0.5, 0.6) is 0 Å². The van der Waals surface area contributed by atoms with Crippen LogP contribution in [-0.2, 0) is 10.0 Å². The van der Waals surface area contributed by atoms with E-state index in [0.717, 1.165) is 17.7 Å². The van der Waals surface area contributed by atoms with Gasteiger partial charge in [-0.15, -0.1) is 0 Å². The Balaban J connectivity index is 1.41. The molecule has 0 radical (unpaired) electrons. The second-order valence-corrected chi connectivity index (χ2v) is 9.39. The second-order valence-electron chi connectivity index (χ2n) is 7.45. The van der Waals surface area contributed by atoms with Gasteiger partial charge in [-0.05, 0) is 43.3 Å². The number of halogens is 1. The Morgan fingerprint density at radius 2 is 1.50 bits per heavy atom. The van der Waals surface area contributed by atoms with E-state index in [1.807, 2.05) is 0 Å². The summed E-state index contributed by atoms with van der Waals surface area (Å²) in [5, 5.41) is 0. The van der Waals surface area contributed by atoms with E-state index in [1.165, 1.54) is 28.3 Å². The Labute approximate surface area is 185 Å². The van der Waals surface area contributed by atoms with Gasteiger partial charge in [0.15, 0.2) is 11.5 Å². The fourth-order valence-corrected chi connectivity index (χ4v) is 4.94. The normalized spacial score (nSPS) is 15.0. The van der Waals surface area contributed by atoms with Gasteiger partial charge in [0, 0.05) is 37.3 Å². The van der Waals surface area contributed by atoms with Crippen molar-refractivity contribution in [3.05, 3.63) is 77.8 Å². The van der Waals surface area contributed by atoms with Gasteiger partial charge in [-0.1, -0.05) is 24.3 Å². The maximum Gasteiger partial charge on any atom is 0.289 e. The van der Waals surface area contributed by atoms with Crippen LogP contribution < -0.4 is 0 Å². The Morgan fingerprint density at radius 3 is 2.09 bits per heavy atom. The largest absolute Gasteiger partial charge is 0.451 e. The van der Waals surface area contributed by atoms with Crippen molar-refractivity contribution in [2.24, 2.45) is 0 Å². The molecule has 9 heteroatoms. The highest BCUT2D eigenvalue weighted by Crippen LogP contribution is 2.24. The average molecular weight is 456 g/mol. The van der Waals surface area contributed by atoms with Gasteiger partial charge in [0.05, 0.1) is 4.90 Å². The number of furan rings is 1. The summed E-state index contributed by atoms with van der Waals surface area (Å²) in [6, 6.07) is 14.8. The first kappa shape index (κ1) is 21.9. The summed E-state index contributed by atoms with van der Waals surface area (Å²) in [4.78, 5) is 25.8. The number of nitrogens with zero attached hydrogens (tertiary/aromatic N) is 2. The molecule has 0 bridgehead atoms. The van der Waals surface area contributed by atoms with Crippen molar-refractivity contribution < 1.29 is 26.8 Å². The zero-order valence-electron chi connectivity index (χ0n) is 17.3. The molecule has 1 aliphatic heterocycles. The van der Waals surface area contributed by atoms with Gasteiger partial charge < -0.3 is 9.32 Å². The van der Waals surface area contributed by atoms with E-state index in [4.69, 9.17) is 4.42 Å². The van der Waals surface area contributed by atoms with Crippen LogP contribution in [0.25, 0.3) is 11.3 Å². The van der Waals surface area contributed by atoms with Crippen LogP contribution in [0, 0.1) is 5.82 Å². The molecule has 166 valence electrons. The third-order valence-electron chi connectivity index (χ3n) is 5.37. The molecule has 0 saturated carbocycles. The van der Waals surface area contributed by atoms with Gasteiger partial charge in [0.25, 0.3) is 5.91 Å². The summed E-state index contributed by atoms with van der Waals surface area (Å²) >= 11 is 0. The first-order valence-corrected chi connectivity index (χ1v) is 11.5. The van der Waals surface area contributed by atoms with Crippen molar-refractivity contribution in [2.45, 2.75) is 11.8 Å². The van der Waals surface area contributed by atoms with E-state index in [1.54, 1.807) is 36.4 Å². The number of rotatable bonds is 5. The number of ketones is 1. The van der Waals surface area contributed by atoms with Crippen LogP contribution in [0.3, 0.4) is 0 Å². The van der Waals surface area contributed by atoms with Crippen molar-refractivity contribution in [3.8, 4) is 11.3 Å². The predicted molar refractivity (Wildman–Crippen MR) is 115 cm³/mol. The number of hydrogen-bond acceptors (Lipinski definition) is 5. The van der Waals surface area contributed by atoms with Crippen LogP contribution in [0.1, 0.15) is 27.8 Å². The Kier molecular flexibility index (Phi) is 5.94. The highest BCUT2D eigenvalue weighted by atomic mass is 32.2. The molecule has 0 unspecified atom stereocenters. The molecule has 0 spiro atoms.